The quantitative estimate of drug-likeness (QED) is 0.602. The standard InChI is InChI=1S/C14H12F3N5O3/c15-14(16,17)9-5-10(22-13(20-9)19-6-11(23)24)21-12(25)7-2-1-3-8(18)4-7/h1-5H,6,18H2,(H,23,24)(H2,19,20,21,22,25). The molecule has 0 aliphatic carbocycles. The maximum absolute atomic E-state index is 12.9. The highest BCUT2D eigenvalue weighted by atomic mass is 19.4. The number of carbonyl (C=O) groups excluding carboxylic acids is 1. The predicted molar refractivity (Wildman–Crippen MR) is 82.0 cm³/mol. The smallest absolute Gasteiger partial charge is 0.433 e. The number of carboxylic acid groups (broad SMARTS) is 1. The summed E-state index contributed by atoms with van der Waals surface area (Å²) >= 11 is 0. The summed E-state index contributed by atoms with van der Waals surface area (Å²) < 4.78 is 38.7. The van der Waals surface area contributed by atoms with Gasteiger partial charge in [-0.05, 0) is 18.2 Å². The van der Waals surface area contributed by atoms with Crippen molar-refractivity contribution in [1.29, 1.82) is 0 Å². The van der Waals surface area contributed by atoms with Gasteiger partial charge in [-0.1, -0.05) is 6.07 Å². The molecule has 132 valence electrons. The van der Waals surface area contributed by atoms with Crippen molar-refractivity contribution < 1.29 is 27.9 Å². The lowest BCUT2D eigenvalue weighted by molar-refractivity contribution is -0.141. The minimum atomic E-state index is -4.81. The Balaban J connectivity index is 2.30. The van der Waals surface area contributed by atoms with E-state index in [1.54, 1.807) is 0 Å². The van der Waals surface area contributed by atoms with E-state index in [9.17, 15) is 22.8 Å². The van der Waals surface area contributed by atoms with Crippen LogP contribution in [-0.2, 0) is 11.0 Å². The second kappa shape index (κ2) is 7.03. The average molecular weight is 355 g/mol. The molecule has 0 saturated carbocycles. The van der Waals surface area contributed by atoms with Gasteiger partial charge in [0, 0.05) is 17.3 Å². The van der Waals surface area contributed by atoms with Gasteiger partial charge in [0.1, 0.15) is 12.4 Å². The van der Waals surface area contributed by atoms with E-state index in [2.05, 4.69) is 20.6 Å². The Morgan fingerprint density at radius 2 is 1.92 bits per heavy atom. The molecule has 1 aromatic carbocycles. The normalized spacial score (nSPS) is 11.0. The van der Waals surface area contributed by atoms with Crippen LogP contribution >= 0.6 is 0 Å². The molecule has 0 bridgehead atoms. The molecular formula is C14H12F3N5O3. The Hall–Kier alpha value is -3.37. The summed E-state index contributed by atoms with van der Waals surface area (Å²) in [4.78, 5) is 29.4. The molecule has 0 aliphatic rings. The van der Waals surface area contributed by atoms with E-state index < -0.39 is 42.1 Å². The molecule has 0 aliphatic heterocycles. The van der Waals surface area contributed by atoms with E-state index in [1.165, 1.54) is 24.3 Å². The number of nitrogens with one attached hydrogen (secondary N) is 2. The number of amides is 1. The van der Waals surface area contributed by atoms with Gasteiger partial charge in [0.05, 0.1) is 0 Å². The Morgan fingerprint density at radius 1 is 1.20 bits per heavy atom. The molecule has 0 spiro atoms. The number of halogens is 3. The van der Waals surface area contributed by atoms with E-state index >= 15 is 0 Å². The molecule has 5 N–H and O–H groups in total. The number of alkyl halides is 3. The van der Waals surface area contributed by atoms with Crippen molar-refractivity contribution in [1.82, 2.24) is 9.97 Å². The number of nitrogens with two attached hydrogens (primary N) is 1. The fourth-order valence-electron chi connectivity index (χ4n) is 1.76. The lowest BCUT2D eigenvalue weighted by Gasteiger charge is -2.11. The van der Waals surface area contributed by atoms with Gasteiger partial charge in [-0.2, -0.15) is 18.2 Å². The number of benzene rings is 1. The number of aromatic nitrogens is 2. The summed E-state index contributed by atoms with van der Waals surface area (Å²) in [6.45, 7) is -0.691. The Morgan fingerprint density at radius 3 is 2.52 bits per heavy atom. The summed E-state index contributed by atoms with van der Waals surface area (Å²) in [5.41, 5.74) is 4.63. The molecule has 0 unspecified atom stereocenters. The molecule has 0 saturated heterocycles. The van der Waals surface area contributed by atoms with Gasteiger partial charge in [0.2, 0.25) is 5.95 Å². The first-order valence-electron chi connectivity index (χ1n) is 6.74. The Labute approximate surface area is 138 Å². The third-order valence-corrected chi connectivity index (χ3v) is 2.80. The van der Waals surface area contributed by atoms with Gasteiger partial charge < -0.3 is 21.5 Å². The molecule has 0 atom stereocenters. The van der Waals surface area contributed by atoms with Crippen LogP contribution in [0.1, 0.15) is 16.1 Å². The van der Waals surface area contributed by atoms with Gasteiger partial charge in [-0.15, -0.1) is 0 Å². The van der Waals surface area contributed by atoms with Crippen molar-refractivity contribution in [2.45, 2.75) is 6.18 Å². The fourth-order valence-corrected chi connectivity index (χ4v) is 1.76. The predicted octanol–water partition coefficient (Wildman–Crippen LogP) is 1.83. The van der Waals surface area contributed by atoms with E-state index in [0.717, 1.165) is 0 Å². The fraction of sp³-hybridized carbons (Fsp3) is 0.143. The number of nitrogens with zero attached hydrogens (tertiary/aromatic N) is 2. The summed E-state index contributed by atoms with van der Waals surface area (Å²) in [6, 6.07) is 6.34. The molecular weight excluding hydrogens is 343 g/mol. The van der Waals surface area contributed by atoms with Crippen molar-refractivity contribution in [3.05, 3.63) is 41.6 Å². The second-order valence-corrected chi connectivity index (χ2v) is 4.79. The summed E-state index contributed by atoms with van der Waals surface area (Å²) in [6.07, 6.45) is -4.81. The number of carbonyl (C=O) groups is 2. The zero-order valence-electron chi connectivity index (χ0n) is 12.5. The van der Waals surface area contributed by atoms with Crippen LogP contribution in [0.2, 0.25) is 0 Å². The lowest BCUT2D eigenvalue weighted by Crippen LogP contribution is -2.19. The van der Waals surface area contributed by atoms with Gasteiger partial charge in [0.25, 0.3) is 5.91 Å². The zero-order valence-corrected chi connectivity index (χ0v) is 12.5. The van der Waals surface area contributed by atoms with Crippen molar-refractivity contribution in [3.63, 3.8) is 0 Å². The highest BCUT2D eigenvalue weighted by Crippen LogP contribution is 2.29. The lowest BCUT2D eigenvalue weighted by atomic mass is 10.2. The van der Waals surface area contributed by atoms with E-state index in [1.807, 2.05) is 0 Å². The minimum Gasteiger partial charge on any atom is -0.480 e. The van der Waals surface area contributed by atoms with Crippen LogP contribution in [0.3, 0.4) is 0 Å². The first kappa shape index (κ1) is 18.0. The Kier molecular flexibility index (Phi) is 5.05. The first-order valence-corrected chi connectivity index (χ1v) is 6.74. The summed E-state index contributed by atoms with van der Waals surface area (Å²) in [5.74, 6) is -3.07. The van der Waals surface area contributed by atoms with Crippen LogP contribution in [-0.4, -0.2) is 33.5 Å². The van der Waals surface area contributed by atoms with E-state index in [4.69, 9.17) is 10.8 Å². The molecule has 2 rings (SSSR count). The molecule has 2 aromatic rings. The van der Waals surface area contributed by atoms with E-state index in [0.29, 0.717) is 11.8 Å². The summed E-state index contributed by atoms with van der Waals surface area (Å²) in [7, 11) is 0. The highest BCUT2D eigenvalue weighted by molar-refractivity contribution is 6.04. The topological polar surface area (TPSA) is 130 Å². The highest BCUT2D eigenvalue weighted by Gasteiger charge is 2.34. The molecule has 0 fully saturated rings. The molecule has 1 heterocycles. The van der Waals surface area contributed by atoms with Crippen LogP contribution in [0.15, 0.2) is 30.3 Å². The molecule has 8 nitrogen and oxygen atoms in total. The minimum absolute atomic E-state index is 0.118. The van der Waals surface area contributed by atoms with Crippen molar-refractivity contribution in [3.8, 4) is 0 Å². The molecule has 0 radical (unpaired) electrons. The van der Waals surface area contributed by atoms with Gasteiger partial charge in [0.15, 0.2) is 5.69 Å². The zero-order chi connectivity index (χ0) is 18.6. The maximum Gasteiger partial charge on any atom is 0.433 e. The van der Waals surface area contributed by atoms with Gasteiger partial charge in [-0.25, -0.2) is 4.98 Å². The van der Waals surface area contributed by atoms with E-state index in [-0.39, 0.29) is 5.56 Å². The number of hydrogen-bond donors (Lipinski definition) is 4. The van der Waals surface area contributed by atoms with Crippen molar-refractivity contribution in [2.75, 3.05) is 22.9 Å². The SMILES string of the molecule is Nc1cccc(C(=O)Nc2cc(C(F)(F)F)nc(NCC(=O)O)n2)c1. The van der Waals surface area contributed by atoms with Crippen LogP contribution in [0.5, 0.6) is 0 Å². The summed E-state index contributed by atoms with van der Waals surface area (Å²) in [5, 5.41) is 12.9. The third kappa shape index (κ3) is 5.06. The average Bonchev–Trinajstić information content (AvgIpc) is 2.52. The second-order valence-electron chi connectivity index (χ2n) is 4.79. The number of nitrogen functional groups attached to an aromatic ring is 1. The van der Waals surface area contributed by atoms with Crippen molar-refractivity contribution in [2.24, 2.45) is 0 Å². The molecule has 1 aromatic heterocycles. The molecule has 1 amide bonds. The van der Waals surface area contributed by atoms with Crippen LogP contribution in [0.4, 0.5) is 30.6 Å². The number of rotatable bonds is 5. The number of aliphatic carboxylic acids is 1. The third-order valence-electron chi connectivity index (χ3n) is 2.80. The number of carboxylic acids is 1. The Bertz CT molecular complexity index is 811. The number of anilines is 3. The monoisotopic (exact) mass is 355 g/mol. The van der Waals surface area contributed by atoms with Gasteiger partial charge >= 0.3 is 12.1 Å². The van der Waals surface area contributed by atoms with Crippen LogP contribution < -0.4 is 16.4 Å². The van der Waals surface area contributed by atoms with Crippen molar-refractivity contribution >= 4 is 29.3 Å². The van der Waals surface area contributed by atoms with Crippen LogP contribution in [0, 0.1) is 0 Å². The first-order chi connectivity index (χ1) is 11.6. The van der Waals surface area contributed by atoms with Gasteiger partial charge in [-0.3, -0.25) is 9.59 Å². The van der Waals surface area contributed by atoms with Crippen LogP contribution in [0.25, 0.3) is 0 Å². The molecule has 11 heteroatoms. The number of hydrogen-bond acceptors (Lipinski definition) is 6. The largest absolute Gasteiger partial charge is 0.480 e. The molecule has 25 heavy (non-hydrogen) atoms. The maximum atomic E-state index is 12.9.